The van der Waals surface area contributed by atoms with Gasteiger partial charge in [-0.3, -0.25) is 4.79 Å². The molecule has 3 aromatic rings. The van der Waals surface area contributed by atoms with Gasteiger partial charge in [-0.25, -0.2) is 4.99 Å². The third kappa shape index (κ3) is 4.21. The Labute approximate surface area is 206 Å². The topological polar surface area (TPSA) is 80.2 Å². The van der Waals surface area contributed by atoms with Crippen molar-refractivity contribution in [1.82, 2.24) is 5.32 Å². The lowest BCUT2D eigenvalue weighted by Gasteiger charge is -2.29. The van der Waals surface area contributed by atoms with Gasteiger partial charge >= 0.3 is 0 Å². The van der Waals surface area contributed by atoms with Crippen LogP contribution in [0.4, 0.5) is 0 Å². The molecule has 0 saturated heterocycles. The highest BCUT2D eigenvalue weighted by molar-refractivity contribution is 9.10. The summed E-state index contributed by atoms with van der Waals surface area (Å²) in [5.41, 5.74) is 2.68. The highest BCUT2D eigenvalue weighted by Crippen LogP contribution is 2.45. The highest BCUT2D eigenvalue weighted by Gasteiger charge is 2.54. The van der Waals surface area contributed by atoms with E-state index in [9.17, 15) is 4.79 Å². The van der Waals surface area contributed by atoms with Crippen molar-refractivity contribution in [3.8, 4) is 5.75 Å². The summed E-state index contributed by atoms with van der Waals surface area (Å²) in [5, 5.41) is 12.0. The summed E-state index contributed by atoms with van der Waals surface area (Å²) in [6, 6.07) is 23.3. The Balaban J connectivity index is 1.55. The molecule has 2 N–H and O–H groups in total. The van der Waals surface area contributed by atoms with E-state index in [1.807, 2.05) is 66.7 Å². The molecule has 1 spiro atoms. The van der Waals surface area contributed by atoms with Gasteiger partial charge in [0.2, 0.25) is 5.90 Å². The highest BCUT2D eigenvalue weighted by atomic mass is 79.9. The number of hydrogen-bond acceptors (Lipinski definition) is 5. The van der Waals surface area contributed by atoms with Crippen LogP contribution in [0.2, 0.25) is 0 Å². The van der Waals surface area contributed by atoms with E-state index in [4.69, 9.17) is 19.6 Å². The second-order valence-corrected chi connectivity index (χ2v) is 9.29. The van der Waals surface area contributed by atoms with Crippen LogP contribution in [0.1, 0.15) is 34.8 Å². The molecular formula is C27H25BrN2O4. The summed E-state index contributed by atoms with van der Waals surface area (Å²) < 4.78 is 13.0. The predicted molar refractivity (Wildman–Crippen MR) is 133 cm³/mol. The number of carbonyl (C=O) groups is 1. The zero-order chi connectivity index (χ0) is 23.5. The van der Waals surface area contributed by atoms with E-state index in [1.54, 1.807) is 0 Å². The molecule has 5 rings (SSSR count). The molecule has 0 aromatic heterocycles. The van der Waals surface area contributed by atoms with E-state index in [2.05, 4.69) is 27.3 Å². The second-order valence-electron chi connectivity index (χ2n) is 8.44. The first-order valence-corrected chi connectivity index (χ1v) is 12.1. The van der Waals surface area contributed by atoms with Crippen molar-refractivity contribution < 1.29 is 19.4 Å². The van der Waals surface area contributed by atoms with Gasteiger partial charge in [-0.15, -0.1) is 0 Å². The molecule has 34 heavy (non-hydrogen) atoms. The monoisotopic (exact) mass is 520 g/mol. The number of aliphatic imine (C=N–C) groups is 1. The Kier molecular flexibility index (Phi) is 6.39. The van der Waals surface area contributed by atoms with Crippen LogP contribution in [-0.4, -0.2) is 35.7 Å². The SMILES string of the molecule is O=C1NCc2ccccc2C[C@]12N=C(c1ccc(OCCCO)cc1)O[C@@H]2c1ccccc1Br. The van der Waals surface area contributed by atoms with Gasteiger partial charge < -0.3 is 19.9 Å². The minimum absolute atomic E-state index is 0.0897. The lowest BCUT2D eigenvalue weighted by Crippen LogP contribution is -2.48. The maximum atomic E-state index is 13.6. The molecule has 174 valence electrons. The predicted octanol–water partition coefficient (Wildman–Crippen LogP) is 4.34. The number of amides is 1. The van der Waals surface area contributed by atoms with Gasteiger partial charge in [0.1, 0.15) is 5.75 Å². The van der Waals surface area contributed by atoms with Crippen molar-refractivity contribution in [3.05, 3.63) is 99.5 Å². The quantitative estimate of drug-likeness (QED) is 0.473. The Bertz CT molecular complexity index is 1230. The summed E-state index contributed by atoms with van der Waals surface area (Å²) >= 11 is 3.65. The number of carbonyl (C=O) groups excluding carboxylic acids is 1. The third-order valence-corrected chi connectivity index (χ3v) is 6.96. The minimum atomic E-state index is -1.14. The molecule has 3 aromatic carbocycles. The molecule has 0 bridgehead atoms. The van der Waals surface area contributed by atoms with Gasteiger partial charge in [-0.1, -0.05) is 58.4 Å². The summed E-state index contributed by atoms with van der Waals surface area (Å²) in [7, 11) is 0. The number of fused-ring (bicyclic) bond motifs is 1. The molecule has 7 heteroatoms. The fraction of sp³-hybridized carbons (Fsp3) is 0.259. The molecule has 0 radical (unpaired) electrons. The number of nitrogens with one attached hydrogen (secondary N) is 1. The Hall–Kier alpha value is -3.16. The lowest BCUT2D eigenvalue weighted by molar-refractivity contribution is -0.128. The molecule has 0 saturated carbocycles. The van der Waals surface area contributed by atoms with Gasteiger partial charge in [-0.05, 0) is 41.5 Å². The number of rotatable bonds is 6. The molecule has 2 aliphatic heterocycles. The summed E-state index contributed by atoms with van der Waals surface area (Å²) in [4.78, 5) is 18.6. The molecule has 2 heterocycles. The van der Waals surface area contributed by atoms with E-state index in [1.165, 1.54) is 0 Å². The zero-order valence-electron chi connectivity index (χ0n) is 18.5. The Morgan fingerprint density at radius 1 is 1.06 bits per heavy atom. The van der Waals surface area contributed by atoms with Crippen molar-refractivity contribution in [1.29, 1.82) is 0 Å². The van der Waals surface area contributed by atoms with Crippen LogP contribution in [-0.2, 0) is 22.5 Å². The average Bonchev–Trinajstić information content (AvgIpc) is 3.17. The number of hydrogen-bond donors (Lipinski definition) is 2. The van der Waals surface area contributed by atoms with E-state index in [0.717, 1.165) is 26.7 Å². The van der Waals surface area contributed by atoms with Crippen molar-refractivity contribution in [2.75, 3.05) is 13.2 Å². The third-order valence-electron chi connectivity index (χ3n) is 6.24. The van der Waals surface area contributed by atoms with Crippen LogP contribution in [0, 0.1) is 0 Å². The van der Waals surface area contributed by atoms with E-state index >= 15 is 0 Å². The van der Waals surface area contributed by atoms with Crippen LogP contribution in [0.25, 0.3) is 0 Å². The zero-order valence-corrected chi connectivity index (χ0v) is 20.1. The van der Waals surface area contributed by atoms with Crippen LogP contribution < -0.4 is 10.1 Å². The number of benzene rings is 3. The normalized spacial score (nSPS) is 21.3. The summed E-state index contributed by atoms with van der Waals surface area (Å²) in [6.45, 7) is 0.997. The van der Waals surface area contributed by atoms with Gasteiger partial charge in [-0.2, -0.15) is 0 Å². The molecule has 1 amide bonds. The molecule has 0 fully saturated rings. The van der Waals surface area contributed by atoms with Gasteiger partial charge in [0.15, 0.2) is 11.6 Å². The number of aliphatic hydroxyl groups is 1. The van der Waals surface area contributed by atoms with Gasteiger partial charge in [0, 0.05) is 41.6 Å². The largest absolute Gasteiger partial charge is 0.494 e. The molecule has 2 aliphatic rings. The van der Waals surface area contributed by atoms with Gasteiger partial charge in [0.05, 0.1) is 6.61 Å². The van der Waals surface area contributed by atoms with Crippen LogP contribution >= 0.6 is 15.9 Å². The minimum Gasteiger partial charge on any atom is -0.494 e. The standard InChI is InChI=1S/C27H25BrN2O4/c28-23-9-4-3-8-22(23)24-27(16-19-6-1-2-7-20(19)17-29-26(27)32)30-25(34-24)18-10-12-21(13-11-18)33-15-5-14-31/h1-4,6-13,24,31H,5,14-17H2,(H,29,32)/t24-,27-/m1/s1. The fourth-order valence-electron chi connectivity index (χ4n) is 4.47. The Morgan fingerprint density at radius 3 is 2.56 bits per heavy atom. The van der Waals surface area contributed by atoms with Crippen LogP contribution in [0.5, 0.6) is 5.75 Å². The average molecular weight is 521 g/mol. The Morgan fingerprint density at radius 2 is 1.79 bits per heavy atom. The lowest BCUT2D eigenvalue weighted by atomic mass is 9.82. The summed E-state index contributed by atoms with van der Waals surface area (Å²) in [6.07, 6.45) is 0.418. The van der Waals surface area contributed by atoms with Gasteiger partial charge in [0.25, 0.3) is 5.91 Å². The van der Waals surface area contributed by atoms with Crippen LogP contribution in [0.3, 0.4) is 0 Å². The molecular weight excluding hydrogens is 496 g/mol. The van der Waals surface area contributed by atoms with E-state index in [-0.39, 0.29) is 12.5 Å². The number of nitrogens with zero attached hydrogens (tertiary/aromatic N) is 1. The molecule has 6 nitrogen and oxygen atoms in total. The number of halogens is 1. The van der Waals surface area contributed by atoms with Crippen molar-refractivity contribution in [3.63, 3.8) is 0 Å². The van der Waals surface area contributed by atoms with E-state index in [0.29, 0.717) is 37.6 Å². The maximum absolute atomic E-state index is 13.6. The van der Waals surface area contributed by atoms with Crippen molar-refractivity contribution >= 4 is 27.7 Å². The van der Waals surface area contributed by atoms with Crippen LogP contribution in [0.15, 0.2) is 82.3 Å². The number of aliphatic hydroxyl groups excluding tert-OH is 1. The molecule has 2 atom stereocenters. The first-order chi connectivity index (χ1) is 16.6. The smallest absolute Gasteiger partial charge is 0.252 e. The maximum Gasteiger partial charge on any atom is 0.252 e. The van der Waals surface area contributed by atoms with Crippen molar-refractivity contribution in [2.24, 2.45) is 4.99 Å². The molecule has 0 aliphatic carbocycles. The first-order valence-electron chi connectivity index (χ1n) is 11.3. The van der Waals surface area contributed by atoms with E-state index < -0.39 is 11.6 Å². The fourth-order valence-corrected chi connectivity index (χ4v) is 4.96. The first kappa shape index (κ1) is 22.6. The summed E-state index contributed by atoms with van der Waals surface area (Å²) in [5.74, 6) is 0.981. The van der Waals surface area contributed by atoms with Crippen molar-refractivity contribution in [2.45, 2.75) is 31.0 Å². The number of ether oxygens (including phenoxy) is 2. The second kappa shape index (κ2) is 9.60. The molecule has 0 unspecified atom stereocenters.